The summed E-state index contributed by atoms with van der Waals surface area (Å²) in [5.41, 5.74) is -0.593. The highest BCUT2D eigenvalue weighted by molar-refractivity contribution is 14.0. The molecule has 0 aliphatic heterocycles. The molecule has 0 spiro atoms. The van der Waals surface area contributed by atoms with E-state index in [2.05, 4.69) is 20.9 Å². The zero-order valence-electron chi connectivity index (χ0n) is 14.9. The van der Waals surface area contributed by atoms with E-state index >= 15 is 0 Å². The van der Waals surface area contributed by atoms with Gasteiger partial charge in [-0.3, -0.25) is 9.59 Å². The van der Waals surface area contributed by atoms with Crippen LogP contribution in [-0.4, -0.2) is 77.2 Å². The number of guanidine groups is 1. The summed E-state index contributed by atoms with van der Waals surface area (Å²) >= 11 is 0. The average Bonchev–Trinajstić information content (AvgIpc) is 2.48. The molecule has 0 aliphatic carbocycles. The molecule has 2 amide bonds. The van der Waals surface area contributed by atoms with Crippen molar-refractivity contribution in [2.24, 2.45) is 10.4 Å². The maximum Gasteiger partial charge on any atom is 0.243 e. The van der Waals surface area contributed by atoms with Gasteiger partial charge in [-0.15, -0.1) is 24.0 Å². The van der Waals surface area contributed by atoms with Crippen LogP contribution >= 0.6 is 24.0 Å². The molecule has 0 fully saturated rings. The van der Waals surface area contributed by atoms with Gasteiger partial charge in [0.05, 0.1) is 12.0 Å². The molecule has 0 saturated heterocycles. The molecule has 136 valence electrons. The zero-order chi connectivity index (χ0) is 17.2. The van der Waals surface area contributed by atoms with Gasteiger partial charge in [0.15, 0.2) is 5.96 Å². The topological polar surface area (TPSA) is 95.1 Å². The summed E-state index contributed by atoms with van der Waals surface area (Å²) in [7, 11) is 6.57. The van der Waals surface area contributed by atoms with E-state index in [9.17, 15) is 9.59 Å². The molecular formula is C14H30IN5O3. The maximum atomic E-state index is 11.8. The van der Waals surface area contributed by atoms with Gasteiger partial charge in [0, 0.05) is 41.3 Å². The van der Waals surface area contributed by atoms with Crippen LogP contribution in [0.5, 0.6) is 0 Å². The third-order valence-corrected chi connectivity index (χ3v) is 3.01. The smallest absolute Gasteiger partial charge is 0.243 e. The molecule has 8 nitrogen and oxygen atoms in total. The van der Waals surface area contributed by atoms with E-state index in [-0.39, 0.29) is 42.3 Å². The van der Waals surface area contributed by atoms with Crippen molar-refractivity contribution >= 4 is 41.8 Å². The van der Waals surface area contributed by atoms with Gasteiger partial charge in [-0.25, -0.2) is 4.99 Å². The number of nitrogens with one attached hydrogen (secondary N) is 3. The predicted molar refractivity (Wildman–Crippen MR) is 102 cm³/mol. The summed E-state index contributed by atoms with van der Waals surface area (Å²) in [5, 5.41) is 8.76. The van der Waals surface area contributed by atoms with Gasteiger partial charge in [0.1, 0.15) is 6.54 Å². The lowest BCUT2D eigenvalue weighted by Gasteiger charge is -2.24. The fourth-order valence-corrected chi connectivity index (χ4v) is 1.46. The molecule has 9 heteroatoms. The molecule has 0 aromatic heterocycles. The lowest BCUT2D eigenvalue weighted by molar-refractivity contribution is -0.128. The number of carbonyl (C=O) groups is 2. The second-order valence-corrected chi connectivity index (χ2v) is 5.69. The van der Waals surface area contributed by atoms with Crippen LogP contribution in [0.2, 0.25) is 0 Å². The largest absolute Gasteiger partial charge is 0.383 e. The Kier molecular flexibility index (Phi) is 13.0. The third kappa shape index (κ3) is 10.3. The van der Waals surface area contributed by atoms with Crippen molar-refractivity contribution in [3.8, 4) is 0 Å². The van der Waals surface area contributed by atoms with E-state index in [0.717, 1.165) is 0 Å². The minimum Gasteiger partial charge on any atom is -0.383 e. The molecule has 0 atom stereocenters. The Labute approximate surface area is 155 Å². The quantitative estimate of drug-likeness (QED) is 0.206. The highest BCUT2D eigenvalue weighted by Crippen LogP contribution is 2.12. The minimum atomic E-state index is -0.593. The van der Waals surface area contributed by atoms with E-state index in [1.165, 1.54) is 4.90 Å². The Morgan fingerprint density at radius 1 is 1.22 bits per heavy atom. The molecular weight excluding hydrogens is 413 g/mol. The number of amides is 2. The molecule has 0 saturated carbocycles. The first-order chi connectivity index (χ1) is 10.2. The van der Waals surface area contributed by atoms with Crippen LogP contribution in [0, 0.1) is 5.41 Å². The van der Waals surface area contributed by atoms with Gasteiger partial charge < -0.3 is 25.6 Å². The number of likely N-dealkylation sites (N-methyl/N-ethyl adjacent to an activating group) is 1. The average molecular weight is 443 g/mol. The van der Waals surface area contributed by atoms with Crippen LogP contribution in [0.15, 0.2) is 4.99 Å². The van der Waals surface area contributed by atoms with Crippen molar-refractivity contribution < 1.29 is 14.3 Å². The molecule has 0 unspecified atom stereocenters. The van der Waals surface area contributed by atoms with Crippen LogP contribution in [0.25, 0.3) is 0 Å². The fraction of sp³-hybridized carbons (Fsp3) is 0.786. The van der Waals surface area contributed by atoms with Gasteiger partial charge in [0.25, 0.3) is 0 Å². The summed E-state index contributed by atoms with van der Waals surface area (Å²) in [6, 6.07) is 0. The Morgan fingerprint density at radius 2 is 1.83 bits per heavy atom. The molecule has 3 N–H and O–H groups in total. The van der Waals surface area contributed by atoms with Crippen LogP contribution in [0.3, 0.4) is 0 Å². The highest BCUT2D eigenvalue weighted by atomic mass is 127. The maximum absolute atomic E-state index is 11.8. The van der Waals surface area contributed by atoms with Crippen LogP contribution < -0.4 is 16.0 Å². The number of ether oxygens (including phenoxy) is 1. The van der Waals surface area contributed by atoms with Gasteiger partial charge in [-0.05, 0) is 13.8 Å². The van der Waals surface area contributed by atoms with Crippen molar-refractivity contribution in [2.45, 2.75) is 13.8 Å². The first-order valence-corrected chi connectivity index (χ1v) is 7.18. The number of halogens is 1. The Morgan fingerprint density at radius 3 is 2.30 bits per heavy atom. The lowest BCUT2D eigenvalue weighted by atomic mass is 9.92. The molecule has 0 aromatic rings. The number of aliphatic imine (C=N–C) groups is 1. The summed E-state index contributed by atoms with van der Waals surface area (Å²) in [6.45, 7) is 5.16. The second kappa shape index (κ2) is 12.3. The second-order valence-electron chi connectivity index (χ2n) is 5.69. The number of rotatable bonds is 8. The van der Waals surface area contributed by atoms with Gasteiger partial charge in [-0.1, -0.05) is 0 Å². The number of nitrogens with zero attached hydrogens (tertiary/aromatic N) is 2. The summed E-state index contributed by atoms with van der Waals surface area (Å²) in [4.78, 5) is 29.1. The molecule has 0 aliphatic rings. The number of carbonyl (C=O) groups excluding carboxylic acids is 2. The van der Waals surface area contributed by atoms with E-state index in [1.54, 1.807) is 28.3 Å². The fourth-order valence-electron chi connectivity index (χ4n) is 1.46. The number of methoxy groups -OCH3 is 1. The SMILES string of the molecule is CNC(=O)C(C)(C)CNC(=NCC(=O)N(C)C)NCCOC.I. The molecule has 0 bridgehead atoms. The molecule has 0 rings (SSSR count). The van der Waals surface area contributed by atoms with Crippen LogP contribution in [0.1, 0.15) is 13.8 Å². The van der Waals surface area contributed by atoms with Gasteiger partial charge >= 0.3 is 0 Å². The monoisotopic (exact) mass is 443 g/mol. The zero-order valence-corrected chi connectivity index (χ0v) is 17.2. The van der Waals surface area contributed by atoms with E-state index in [0.29, 0.717) is 25.7 Å². The normalized spacial score (nSPS) is 11.3. The van der Waals surface area contributed by atoms with Crippen molar-refractivity contribution in [2.75, 3.05) is 54.5 Å². The van der Waals surface area contributed by atoms with Crippen molar-refractivity contribution in [1.82, 2.24) is 20.9 Å². The Bertz CT molecular complexity index is 400. The number of hydrogen-bond donors (Lipinski definition) is 3. The standard InChI is InChI=1S/C14H29N5O3.HI/c1-14(2,12(21)15-3)10-18-13(16-7-8-22-6)17-9-11(20)19(4)5;/h7-10H2,1-6H3,(H,15,21)(H2,16,17,18);1H. The minimum absolute atomic E-state index is 0. The van der Waals surface area contributed by atoms with E-state index < -0.39 is 5.41 Å². The predicted octanol–water partition coefficient (Wildman–Crippen LogP) is -0.354. The highest BCUT2D eigenvalue weighted by Gasteiger charge is 2.26. The molecule has 23 heavy (non-hydrogen) atoms. The Balaban J connectivity index is 0. The lowest BCUT2D eigenvalue weighted by Crippen LogP contribution is -2.48. The number of hydrogen-bond acceptors (Lipinski definition) is 4. The van der Waals surface area contributed by atoms with Crippen LogP contribution in [-0.2, 0) is 14.3 Å². The summed E-state index contributed by atoms with van der Waals surface area (Å²) in [5.74, 6) is 0.309. The Hall–Kier alpha value is -1.10. The summed E-state index contributed by atoms with van der Waals surface area (Å²) in [6.07, 6.45) is 0. The molecule has 0 heterocycles. The van der Waals surface area contributed by atoms with E-state index in [4.69, 9.17) is 4.74 Å². The molecule has 0 radical (unpaired) electrons. The van der Waals surface area contributed by atoms with E-state index in [1.807, 2.05) is 13.8 Å². The third-order valence-electron chi connectivity index (χ3n) is 3.01. The van der Waals surface area contributed by atoms with Crippen LogP contribution in [0.4, 0.5) is 0 Å². The van der Waals surface area contributed by atoms with Crippen molar-refractivity contribution in [1.29, 1.82) is 0 Å². The summed E-state index contributed by atoms with van der Waals surface area (Å²) < 4.78 is 4.97. The van der Waals surface area contributed by atoms with Crippen molar-refractivity contribution in [3.05, 3.63) is 0 Å². The van der Waals surface area contributed by atoms with Crippen molar-refractivity contribution in [3.63, 3.8) is 0 Å². The molecule has 0 aromatic carbocycles. The van der Waals surface area contributed by atoms with Gasteiger partial charge in [-0.2, -0.15) is 0 Å². The van der Waals surface area contributed by atoms with Gasteiger partial charge in [0.2, 0.25) is 11.8 Å². The first kappa shape index (κ1) is 24.2. The first-order valence-electron chi connectivity index (χ1n) is 7.18.